The summed E-state index contributed by atoms with van der Waals surface area (Å²) in [5, 5.41) is 5.16. The number of hydrogen-bond donors (Lipinski definition) is 2. The van der Waals surface area contributed by atoms with Gasteiger partial charge in [-0.15, -0.1) is 11.3 Å². The van der Waals surface area contributed by atoms with E-state index in [1.54, 1.807) is 23.5 Å². The van der Waals surface area contributed by atoms with Crippen LogP contribution in [0.4, 0.5) is 26.0 Å². The lowest BCUT2D eigenvalue weighted by atomic mass is 10.2. The highest BCUT2D eigenvalue weighted by Crippen LogP contribution is 2.28. The molecule has 158 valence electrons. The van der Waals surface area contributed by atoms with Crippen molar-refractivity contribution in [1.29, 1.82) is 0 Å². The van der Waals surface area contributed by atoms with Crippen molar-refractivity contribution in [2.24, 2.45) is 0 Å². The SMILES string of the molecule is Cc1csc(-c2cc(Nc3ccc(NS(=O)(=O)c4c(F)cccc4F)cc3)ncn2)c1. The highest BCUT2D eigenvalue weighted by molar-refractivity contribution is 7.92. The standard InChI is InChI=1S/C21H16F2N4O2S2/c1-13-9-19(30-11-13)18-10-20(25-12-24-18)26-14-5-7-15(8-6-14)27-31(28,29)21-16(22)3-2-4-17(21)23/h2-12,27H,1H3,(H,24,25,26). The third-order valence-electron chi connectivity index (χ3n) is 4.25. The van der Waals surface area contributed by atoms with Crippen LogP contribution in [0.25, 0.3) is 10.6 Å². The number of hydrogen-bond acceptors (Lipinski definition) is 6. The number of aryl methyl sites for hydroxylation is 1. The molecule has 0 radical (unpaired) electrons. The van der Waals surface area contributed by atoms with Crippen molar-refractivity contribution in [3.05, 3.63) is 83.5 Å². The van der Waals surface area contributed by atoms with Crippen molar-refractivity contribution in [2.45, 2.75) is 11.8 Å². The molecule has 0 saturated heterocycles. The Hall–Kier alpha value is -3.37. The summed E-state index contributed by atoms with van der Waals surface area (Å²) in [6.45, 7) is 2.01. The Bertz CT molecular complexity index is 1320. The number of thiophene rings is 1. The second-order valence-electron chi connectivity index (χ2n) is 6.64. The van der Waals surface area contributed by atoms with Gasteiger partial charge < -0.3 is 5.32 Å². The maximum Gasteiger partial charge on any atom is 0.267 e. The molecule has 6 nitrogen and oxygen atoms in total. The Balaban J connectivity index is 1.50. The summed E-state index contributed by atoms with van der Waals surface area (Å²) in [5.74, 6) is -1.75. The molecule has 0 aliphatic carbocycles. The van der Waals surface area contributed by atoms with Crippen molar-refractivity contribution in [2.75, 3.05) is 10.0 Å². The smallest absolute Gasteiger partial charge is 0.267 e. The quantitative estimate of drug-likeness (QED) is 0.408. The number of benzene rings is 2. The van der Waals surface area contributed by atoms with Crippen molar-refractivity contribution in [3.8, 4) is 10.6 Å². The van der Waals surface area contributed by atoms with Gasteiger partial charge in [0.2, 0.25) is 0 Å². The molecule has 4 aromatic rings. The van der Waals surface area contributed by atoms with Gasteiger partial charge in [0.05, 0.1) is 10.6 Å². The van der Waals surface area contributed by atoms with E-state index in [-0.39, 0.29) is 5.69 Å². The van der Waals surface area contributed by atoms with Gasteiger partial charge in [0.15, 0.2) is 4.90 Å². The Morgan fingerprint density at radius 3 is 2.26 bits per heavy atom. The van der Waals surface area contributed by atoms with E-state index in [0.717, 1.165) is 34.3 Å². The van der Waals surface area contributed by atoms with Gasteiger partial charge in [-0.05, 0) is 60.3 Å². The summed E-state index contributed by atoms with van der Waals surface area (Å²) < 4.78 is 54.6. The molecule has 2 aromatic heterocycles. The predicted molar refractivity (Wildman–Crippen MR) is 117 cm³/mol. The monoisotopic (exact) mass is 458 g/mol. The zero-order chi connectivity index (χ0) is 22.0. The van der Waals surface area contributed by atoms with E-state index < -0.39 is 26.6 Å². The van der Waals surface area contributed by atoms with Crippen LogP contribution in [0, 0.1) is 18.6 Å². The molecule has 0 saturated carbocycles. The van der Waals surface area contributed by atoms with E-state index in [1.165, 1.54) is 18.5 Å². The molecule has 10 heteroatoms. The molecule has 31 heavy (non-hydrogen) atoms. The summed E-state index contributed by atoms with van der Waals surface area (Å²) >= 11 is 1.59. The van der Waals surface area contributed by atoms with E-state index >= 15 is 0 Å². The lowest BCUT2D eigenvalue weighted by molar-refractivity contribution is 0.521. The van der Waals surface area contributed by atoms with Crippen molar-refractivity contribution in [1.82, 2.24) is 9.97 Å². The van der Waals surface area contributed by atoms with Gasteiger partial charge in [-0.2, -0.15) is 0 Å². The highest BCUT2D eigenvalue weighted by Gasteiger charge is 2.23. The summed E-state index contributed by atoms with van der Waals surface area (Å²) in [6.07, 6.45) is 1.46. The molecular formula is C21H16F2N4O2S2. The van der Waals surface area contributed by atoms with Gasteiger partial charge in [-0.3, -0.25) is 4.72 Å². The highest BCUT2D eigenvalue weighted by atomic mass is 32.2. The molecule has 2 heterocycles. The maximum atomic E-state index is 13.8. The molecular weight excluding hydrogens is 442 g/mol. The van der Waals surface area contributed by atoms with Gasteiger partial charge in [0.25, 0.3) is 10.0 Å². The van der Waals surface area contributed by atoms with Crippen molar-refractivity contribution in [3.63, 3.8) is 0 Å². The fourth-order valence-electron chi connectivity index (χ4n) is 2.84. The first kappa shape index (κ1) is 20.9. The summed E-state index contributed by atoms with van der Waals surface area (Å²) in [7, 11) is -4.42. The third-order valence-corrected chi connectivity index (χ3v) is 6.75. The maximum absolute atomic E-state index is 13.8. The largest absolute Gasteiger partial charge is 0.340 e. The first-order valence-electron chi connectivity index (χ1n) is 9.03. The zero-order valence-corrected chi connectivity index (χ0v) is 17.8. The molecule has 0 atom stereocenters. The van der Waals surface area contributed by atoms with Gasteiger partial charge in [0, 0.05) is 17.4 Å². The Morgan fingerprint density at radius 1 is 0.935 bits per heavy atom. The van der Waals surface area contributed by atoms with Crippen LogP contribution < -0.4 is 10.0 Å². The second kappa shape index (κ2) is 8.40. The van der Waals surface area contributed by atoms with Crippen LogP contribution in [0.15, 0.2) is 71.2 Å². The molecule has 4 rings (SSSR count). The third kappa shape index (κ3) is 4.70. The topological polar surface area (TPSA) is 84.0 Å². The number of nitrogens with one attached hydrogen (secondary N) is 2. The van der Waals surface area contributed by atoms with E-state index in [0.29, 0.717) is 11.5 Å². The average Bonchev–Trinajstić information content (AvgIpc) is 3.16. The predicted octanol–water partition coefficient (Wildman–Crippen LogP) is 5.34. The fraction of sp³-hybridized carbons (Fsp3) is 0.0476. The van der Waals surface area contributed by atoms with Gasteiger partial charge in [0.1, 0.15) is 23.8 Å². The van der Waals surface area contributed by atoms with E-state index in [2.05, 4.69) is 20.0 Å². The Morgan fingerprint density at radius 2 is 1.61 bits per heavy atom. The van der Waals surface area contributed by atoms with Crippen LogP contribution in [0.5, 0.6) is 0 Å². The van der Waals surface area contributed by atoms with Crippen LogP contribution >= 0.6 is 11.3 Å². The minimum atomic E-state index is -4.42. The van der Waals surface area contributed by atoms with Crippen LogP contribution in [0.2, 0.25) is 0 Å². The number of sulfonamides is 1. The van der Waals surface area contributed by atoms with E-state index in [4.69, 9.17) is 0 Å². The number of halogens is 2. The lowest BCUT2D eigenvalue weighted by Gasteiger charge is -2.11. The van der Waals surface area contributed by atoms with Crippen LogP contribution in [0.3, 0.4) is 0 Å². The summed E-state index contributed by atoms with van der Waals surface area (Å²) in [6, 6.07) is 12.9. The normalized spacial score (nSPS) is 11.3. The van der Waals surface area contributed by atoms with Gasteiger partial charge in [-0.1, -0.05) is 6.07 Å². The molecule has 0 aliphatic heterocycles. The number of rotatable bonds is 6. The second-order valence-corrected chi connectivity index (χ2v) is 9.17. The number of aromatic nitrogens is 2. The molecule has 2 N–H and O–H groups in total. The molecule has 0 fully saturated rings. The minimum Gasteiger partial charge on any atom is -0.340 e. The molecule has 2 aromatic carbocycles. The van der Waals surface area contributed by atoms with Crippen LogP contribution in [0.1, 0.15) is 5.56 Å². The van der Waals surface area contributed by atoms with Crippen molar-refractivity contribution < 1.29 is 17.2 Å². The molecule has 0 amide bonds. The van der Waals surface area contributed by atoms with Crippen LogP contribution in [-0.4, -0.2) is 18.4 Å². The first-order chi connectivity index (χ1) is 14.8. The summed E-state index contributed by atoms with van der Waals surface area (Å²) in [5.41, 5.74) is 2.74. The molecule has 0 aliphatic rings. The molecule has 0 bridgehead atoms. The zero-order valence-electron chi connectivity index (χ0n) is 16.1. The number of nitrogens with zero attached hydrogens (tertiary/aromatic N) is 2. The van der Waals surface area contributed by atoms with Gasteiger partial charge in [-0.25, -0.2) is 27.2 Å². The Labute approximate surface area is 181 Å². The van der Waals surface area contributed by atoms with Gasteiger partial charge >= 0.3 is 0 Å². The first-order valence-corrected chi connectivity index (χ1v) is 11.4. The number of anilines is 3. The fourth-order valence-corrected chi connectivity index (χ4v) is 4.91. The molecule has 0 spiro atoms. The molecule has 0 unspecified atom stereocenters. The van der Waals surface area contributed by atoms with E-state index in [9.17, 15) is 17.2 Å². The Kier molecular flexibility index (Phi) is 5.66. The lowest BCUT2D eigenvalue weighted by Crippen LogP contribution is -2.16. The minimum absolute atomic E-state index is 0.158. The van der Waals surface area contributed by atoms with E-state index in [1.807, 2.05) is 24.4 Å². The van der Waals surface area contributed by atoms with Crippen molar-refractivity contribution >= 4 is 38.6 Å². The van der Waals surface area contributed by atoms with Crippen LogP contribution in [-0.2, 0) is 10.0 Å². The summed E-state index contributed by atoms with van der Waals surface area (Å²) in [4.78, 5) is 8.48. The average molecular weight is 459 g/mol.